The number of hydrogen-bond donors (Lipinski definition) is 1. The second-order valence-corrected chi connectivity index (χ2v) is 4.25. The minimum Gasteiger partial charge on any atom is -0.350 e. The van der Waals surface area contributed by atoms with E-state index < -0.39 is 0 Å². The summed E-state index contributed by atoms with van der Waals surface area (Å²) in [5, 5.41) is 6.83. The molecule has 1 aromatic carbocycles. The SMILES string of the molecule is Cc1ccc(CNC(=O)[C@@H](C)n2cncn2)cc1. The molecule has 2 rings (SSSR count). The number of aromatic nitrogens is 3. The molecule has 1 amide bonds. The van der Waals surface area contributed by atoms with Crippen molar-refractivity contribution in [2.24, 2.45) is 0 Å². The molecule has 0 bridgehead atoms. The van der Waals surface area contributed by atoms with Crippen molar-refractivity contribution < 1.29 is 4.79 Å². The van der Waals surface area contributed by atoms with Gasteiger partial charge in [-0.15, -0.1) is 0 Å². The van der Waals surface area contributed by atoms with Gasteiger partial charge in [-0.25, -0.2) is 9.67 Å². The fourth-order valence-electron chi connectivity index (χ4n) is 1.58. The molecule has 94 valence electrons. The van der Waals surface area contributed by atoms with Crippen LogP contribution in [0.3, 0.4) is 0 Å². The molecule has 1 N–H and O–H groups in total. The summed E-state index contributed by atoms with van der Waals surface area (Å²) in [6.07, 6.45) is 2.96. The van der Waals surface area contributed by atoms with Crippen LogP contribution >= 0.6 is 0 Å². The quantitative estimate of drug-likeness (QED) is 0.885. The topological polar surface area (TPSA) is 59.8 Å². The third-order valence-corrected chi connectivity index (χ3v) is 2.80. The first kappa shape index (κ1) is 12.3. The molecular weight excluding hydrogens is 228 g/mol. The number of carbonyl (C=O) groups excluding carboxylic acids is 1. The van der Waals surface area contributed by atoms with Crippen molar-refractivity contribution in [1.82, 2.24) is 20.1 Å². The van der Waals surface area contributed by atoms with Crippen molar-refractivity contribution in [2.75, 3.05) is 0 Å². The van der Waals surface area contributed by atoms with Crippen LogP contribution in [0.4, 0.5) is 0 Å². The molecule has 2 aromatic rings. The molecule has 1 atom stereocenters. The Labute approximate surface area is 106 Å². The van der Waals surface area contributed by atoms with Crippen LogP contribution < -0.4 is 5.32 Å². The van der Waals surface area contributed by atoms with Gasteiger partial charge >= 0.3 is 0 Å². The molecule has 0 aliphatic heterocycles. The van der Waals surface area contributed by atoms with Crippen molar-refractivity contribution in [3.63, 3.8) is 0 Å². The molecule has 0 aliphatic rings. The summed E-state index contributed by atoms with van der Waals surface area (Å²) in [6, 6.07) is 7.73. The summed E-state index contributed by atoms with van der Waals surface area (Å²) in [7, 11) is 0. The lowest BCUT2D eigenvalue weighted by molar-refractivity contribution is -0.124. The highest BCUT2D eigenvalue weighted by atomic mass is 16.2. The highest BCUT2D eigenvalue weighted by molar-refractivity contribution is 5.79. The Kier molecular flexibility index (Phi) is 3.72. The number of amides is 1. The maximum Gasteiger partial charge on any atom is 0.244 e. The number of rotatable bonds is 4. The molecule has 0 saturated heterocycles. The van der Waals surface area contributed by atoms with Crippen LogP contribution in [-0.4, -0.2) is 20.7 Å². The van der Waals surface area contributed by atoms with Crippen LogP contribution in [0.2, 0.25) is 0 Å². The van der Waals surface area contributed by atoms with Crippen LogP contribution in [0, 0.1) is 6.92 Å². The summed E-state index contributed by atoms with van der Waals surface area (Å²) in [5.74, 6) is -0.0684. The normalized spacial score (nSPS) is 12.1. The van der Waals surface area contributed by atoms with E-state index in [2.05, 4.69) is 15.4 Å². The second-order valence-electron chi connectivity index (χ2n) is 4.25. The van der Waals surface area contributed by atoms with E-state index in [9.17, 15) is 4.79 Å². The average Bonchev–Trinajstić information content (AvgIpc) is 2.90. The number of carbonyl (C=O) groups is 1. The molecule has 1 heterocycles. The first-order valence-corrected chi connectivity index (χ1v) is 5.84. The van der Waals surface area contributed by atoms with E-state index >= 15 is 0 Å². The lowest BCUT2D eigenvalue weighted by Crippen LogP contribution is -2.30. The van der Waals surface area contributed by atoms with Crippen molar-refractivity contribution in [3.05, 3.63) is 48.0 Å². The van der Waals surface area contributed by atoms with Gasteiger partial charge in [0.1, 0.15) is 18.7 Å². The zero-order chi connectivity index (χ0) is 13.0. The van der Waals surface area contributed by atoms with E-state index in [1.54, 1.807) is 6.92 Å². The highest BCUT2D eigenvalue weighted by Gasteiger charge is 2.14. The maximum absolute atomic E-state index is 11.9. The number of hydrogen-bond acceptors (Lipinski definition) is 3. The van der Waals surface area contributed by atoms with Crippen LogP contribution in [0.25, 0.3) is 0 Å². The number of nitrogens with zero attached hydrogens (tertiary/aromatic N) is 3. The van der Waals surface area contributed by atoms with Gasteiger partial charge in [0.05, 0.1) is 0 Å². The molecule has 0 fully saturated rings. The zero-order valence-corrected chi connectivity index (χ0v) is 10.5. The Morgan fingerprint density at radius 3 is 2.72 bits per heavy atom. The van der Waals surface area contributed by atoms with E-state index in [1.165, 1.54) is 22.9 Å². The van der Waals surface area contributed by atoms with E-state index in [1.807, 2.05) is 31.2 Å². The minimum absolute atomic E-state index is 0.0684. The lowest BCUT2D eigenvalue weighted by Gasteiger charge is -2.12. The molecule has 5 nitrogen and oxygen atoms in total. The van der Waals surface area contributed by atoms with E-state index in [4.69, 9.17) is 0 Å². The number of nitrogens with one attached hydrogen (secondary N) is 1. The van der Waals surface area contributed by atoms with Gasteiger partial charge in [0, 0.05) is 6.54 Å². The van der Waals surface area contributed by atoms with Gasteiger partial charge in [-0.2, -0.15) is 5.10 Å². The van der Waals surface area contributed by atoms with E-state index in [0.717, 1.165) is 5.56 Å². The Balaban J connectivity index is 1.90. The molecule has 0 saturated carbocycles. The molecule has 1 aromatic heterocycles. The van der Waals surface area contributed by atoms with Gasteiger partial charge in [0.15, 0.2) is 0 Å². The average molecular weight is 244 g/mol. The van der Waals surface area contributed by atoms with E-state index in [0.29, 0.717) is 6.54 Å². The fraction of sp³-hybridized carbons (Fsp3) is 0.308. The fourth-order valence-corrected chi connectivity index (χ4v) is 1.58. The largest absolute Gasteiger partial charge is 0.350 e. The molecule has 0 radical (unpaired) electrons. The predicted octanol–water partition coefficient (Wildman–Crippen LogP) is 1.46. The van der Waals surface area contributed by atoms with Crippen molar-refractivity contribution >= 4 is 5.91 Å². The third-order valence-electron chi connectivity index (χ3n) is 2.80. The highest BCUT2D eigenvalue weighted by Crippen LogP contribution is 2.05. The Bertz CT molecular complexity index is 504. The first-order valence-electron chi connectivity index (χ1n) is 5.84. The molecule has 0 aliphatic carbocycles. The monoisotopic (exact) mass is 244 g/mol. The van der Waals surface area contributed by atoms with Gasteiger partial charge in [0.25, 0.3) is 0 Å². The van der Waals surface area contributed by atoms with Crippen LogP contribution in [0.1, 0.15) is 24.1 Å². The molecule has 0 spiro atoms. The van der Waals surface area contributed by atoms with Gasteiger partial charge in [0.2, 0.25) is 5.91 Å². The van der Waals surface area contributed by atoms with Gasteiger partial charge < -0.3 is 5.32 Å². The summed E-state index contributed by atoms with van der Waals surface area (Å²) in [5.41, 5.74) is 2.29. The minimum atomic E-state index is -0.349. The Hall–Kier alpha value is -2.17. The summed E-state index contributed by atoms with van der Waals surface area (Å²) in [4.78, 5) is 15.7. The molecular formula is C13H16N4O. The smallest absolute Gasteiger partial charge is 0.244 e. The van der Waals surface area contributed by atoms with E-state index in [-0.39, 0.29) is 11.9 Å². The Morgan fingerprint density at radius 2 is 2.11 bits per heavy atom. The van der Waals surface area contributed by atoms with Crippen LogP contribution in [-0.2, 0) is 11.3 Å². The van der Waals surface area contributed by atoms with Crippen molar-refractivity contribution in [2.45, 2.75) is 26.4 Å². The van der Waals surface area contributed by atoms with Gasteiger partial charge in [-0.05, 0) is 19.4 Å². The third kappa shape index (κ3) is 2.94. The van der Waals surface area contributed by atoms with Crippen molar-refractivity contribution in [1.29, 1.82) is 0 Å². The Morgan fingerprint density at radius 1 is 1.39 bits per heavy atom. The van der Waals surface area contributed by atoms with Gasteiger partial charge in [-0.3, -0.25) is 4.79 Å². The number of benzene rings is 1. The summed E-state index contributed by atoms with van der Waals surface area (Å²) < 4.78 is 1.53. The molecule has 5 heteroatoms. The second kappa shape index (κ2) is 5.44. The summed E-state index contributed by atoms with van der Waals surface area (Å²) in [6.45, 7) is 4.35. The first-order chi connectivity index (χ1) is 8.66. The lowest BCUT2D eigenvalue weighted by atomic mass is 10.1. The number of aryl methyl sites for hydroxylation is 1. The molecule has 0 unspecified atom stereocenters. The zero-order valence-electron chi connectivity index (χ0n) is 10.5. The maximum atomic E-state index is 11.9. The van der Waals surface area contributed by atoms with Crippen LogP contribution in [0.5, 0.6) is 0 Å². The van der Waals surface area contributed by atoms with Gasteiger partial charge in [-0.1, -0.05) is 29.8 Å². The standard InChI is InChI=1S/C13H16N4O/c1-10-3-5-12(6-4-10)7-15-13(18)11(2)17-9-14-8-16-17/h3-6,8-9,11H,7H2,1-2H3,(H,15,18)/t11-/m1/s1. The van der Waals surface area contributed by atoms with Crippen LogP contribution in [0.15, 0.2) is 36.9 Å². The molecule has 18 heavy (non-hydrogen) atoms. The predicted molar refractivity (Wildman–Crippen MR) is 67.8 cm³/mol. The van der Waals surface area contributed by atoms with Crippen molar-refractivity contribution in [3.8, 4) is 0 Å². The summed E-state index contributed by atoms with van der Waals surface area (Å²) >= 11 is 0.